The lowest BCUT2D eigenvalue weighted by molar-refractivity contribution is 0.0576. The van der Waals surface area contributed by atoms with Crippen LogP contribution in [0.4, 0.5) is 0 Å². The average Bonchev–Trinajstić information content (AvgIpc) is 3.10. The molecular formula is C24H24N4O3. The number of ether oxygens (including phenoxy) is 2. The van der Waals surface area contributed by atoms with Crippen molar-refractivity contribution in [3.05, 3.63) is 58.9 Å². The van der Waals surface area contributed by atoms with Crippen LogP contribution in [0.25, 0.3) is 5.52 Å². The number of amides is 1. The van der Waals surface area contributed by atoms with Gasteiger partial charge in [0.25, 0.3) is 5.91 Å². The molecule has 0 N–H and O–H groups in total. The average molecular weight is 416 g/mol. The Labute approximate surface area is 180 Å². The molecule has 1 amide bonds. The number of fused-ring (bicyclic) bond motifs is 2. The molecule has 5 rings (SSSR count). The number of aryl methyl sites for hydroxylation is 2. The number of likely N-dealkylation sites (tertiary alicyclic amines) is 1. The first-order valence-electron chi connectivity index (χ1n) is 10.6. The van der Waals surface area contributed by atoms with Crippen LogP contribution in [-0.2, 0) is 12.8 Å². The van der Waals surface area contributed by atoms with Gasteiger partial charge in [-0.2, -0.15) is 10.4 Å². The first-order chi connectivity index (χ1) is 15.1. The Morgan fingerprint density at radius 3 is 2.87 bits per heavy atom. The molecule has 0 radical (unpaired) electrons. The predicted molar refractivity (Wildman–Crippen MR) is 114 cm³/mol. The molecule has 1 aromatic carbocycles. The Kier molecular flexibility index (Phi) is 4.78. The zero-order valence-corrected chi connectivity index (χ0v) is 17.7. The minimum absolute atomic E-state index is 0.0546. The zero-order chi connectivity index (χ0) is 21.5. The number of rotatable bonds is 4. The van der Waals surface area contributed by atoms with E-state index in [1.54, 1.807) is 28.9 Å². The number of hydrogen-bond donors (Lipinski definition) is 0. The molecule has 1 fully saturated rings. The number of carbonyl (C=O) groups excluding carboxylic acids is 1. The number of carbonyl (C=O) groups is 1. The van der Waals surface area contributed by atoms with Gasteiger partial charge in [-0.05, 0) is 48.6 Å². The second kappa shape index (κ2) is 7.62. The van der Waals surface area contributed by atoms with Gasteiger partial charge < -0.3 is 14.4 Å². The summed E-state index contributed by atoms with van der Waals surface area (Å²) in [5.41, 5.74) is 4.89. The molecule has 7 nitrogen and oxygen atoms in total. The highest BCUT2D eigenvalue weighted by Crippen LogP contribution is 2.32. The number of aromatic nitrogens is 2. The lowest BCUT2D eigenvalue weighted by atomic mass is 9.89. The summed E-state index contributed by atoms with van der Waals surface area (Å²) in [6, 6.07) is 10.3. The fourth-order valence-electron chi connectivity index (χ4n) is 4.54. The highest BCUT2D eigenvalue weighted by Gasteiger charge is 2.33. The molecule has 2 aromatic heterocycles. The van der Waals surface area contributed by atoms with Crippen molar-refractivity contribution >= 4 is 11.4 Å². The monoisotopic (exact) mass is 416 g/mol. The number of nitriles is 1. The molecule has 31 heavy (non-hydrogen) atoms. The van der Waals surface area contributed by atoms with Crippen molar-refractivity contribution in [3.8, 4) is 17.6 Å². The van der Waals surface area contributed by atoms with E-state index in [0.717, 1.165) is 41.8 Å². The first-order valence-corrected chi connectivity index (χ1v) is 10.6. The van der Waals surface area contributed by atoms with E-state index < -0.39 is 0 Å². The van der Waals surface area contributed by atoms with Gasteiger partial charge in [0.1, 0.15) is 23.1 Å². The fraction of sp³-hybridized carbons (Fsp3) is 0.375. The maximum atomic E-state index is 12.9. The van der Waals surface area contributed by atoms with Crippen LogP contribution in [-0.4, -0.2) is 46.7 Å². The van der Waals surface area contributed by atoms with Crippen molar-refractivity contribution in [1.82, 2.24) is 14.5 Å². The zero-order valence-electron chi connectivity index (χ0n) is 17.7. The van der Waals surface area contributed by atoms with Gasteiger partial charge in [0.2, 0.25) is 0 Å². The Balaban J connectivity index is 1.39. The SMILES string of the molecule is COc1ccc2c(c1)CCC(Oc1ccnn3cc(C(=O)N4CC(C#N)C4)c(C)c13)C2. The second-order valence-corrected chi connectivity index (χ2v) is 8.31. The first kappa shape index (κ1) is 19.4. The number of benzene rings is 1. The summed E-state index contributed by atoms with van der Waals surface area (Å²) in [5, 5.41) is 13.4. The molecule has 158 valence electrons. The normalized spacial score (nSPS) is 18.2. The molecule has 0 saturated carbocycles. The third kappa shape index (κ3) is 3.38. The topological polar surface area (TPSA) is 79.9 Å². The van der Waals surface area contributed by atoms with E-state index in [1.165, 1.54) is 11.1 Å². The van der Waals surface area contributed by atoms with Gasteiger partial charge in [-0.3, -0.25) is 4.79 Å². The van der Waals surface area contributed by atoms with Crippen LogP contribution in [0.5, 0.6) is 11.5 Å². The second-order valence-electron chi connectivity index (χ2n) is 8.31. The minimum atomic E-state index is -0.0625. The van der Waals surface area contributed by atoms with E-state index in [-0.39, 0.29) is 17.9 Å². The lowest BCUT2D eigenvalue weighted by Crippen LogP contribution is -2.49. The minimum Gasteiger partial charge on any atom is -0.497 e. The van der Waals surface area contributed by atoms with Gasteiger partial charge in [0.15, 0.2) is 0 Å². The molecule has 3 heterocycles. The van der Waals surface area contributed by atoms with Crippen LogP contribution < -0.4 is 9.47 Å². The molecule has 1 aliphatic carbocycles. The quantitative estimate of drug-likeness (QED) is 0.653. The summed E-state index contributed by atoms with van der Waals surface area (Å²) in [6.07, 6.45) is 6.23. The molecule has 1 saturated heterocycles. The molecule has 1 atom stereocenters. The van der Waals surface area contributed by atoms with Gasteiger partial charge in [0.05, 0.1) is 30.9 Å². The van der Waals surface area contributed by atoms with Crippen LogP contribution in [0, 0.1) is 24.2 Å². The third-order valence-electron chi connectivity index (χ3n) is 6.36. The van der Waals surface area contributed by atoms with E-state index in [0.29, 0.717) is 18.7 Å². The van der Waals surface area contributed by atoms with Crippen LogP contribution in [0.3, 0.4) is 0 Å². The van der Waals surface area contributed by atoms with Crippen molar-refractivity contribution in [2.75, 3.05) is 20.2 Å². The van der Waals surface area contributed by atoms with Crippen molar-refractivity contribution in [1.29, 1.82) is 5.26 Å². The molecule has 2 aliphatic rings. The summed E-state index contributed by atoms with van der Waals surface area (Å²) in [7, 11) is 1.69. The summed E-state index contributed by atoms with van der Waals surface area (Å²) >= 11 is 0. The summed E-state index contributed by atoms with van der Waals surface area (Å²) < 4.78 is 13.5. The molecule has 1 unspecified atom stereocenters. The number of hydrogen-bond acceptors (Lipinski definition) is 5. The molecule has 7 heteroatoms. The van der Waals surface area contributed by atoms with Gasteiger partial charge in [-0.1, -0.05) is 6.07 Å². The largest absolute Gasteiger partial charge is 0.497 e. The molecule has 3 aromatic rings. The van der Waals surface area contributed by atoms with E-state index in [9.17, 15) is 4.79 Å². The summed E-state index contributed by atoms with van der Waals surface area (Å²) in [6.45, 7) is 2.91. The fourth-order valence-corrected chi connectivity index (χ4v) is 4.54. The summed E-state index contributed by atoms with van der Waals surface area (Å²) in [5.74, 6) is 1.51. The van der Waals surface area contributed by atoms with E-state index in [4.69, 9.17) is 14.7 Å². The van der Waals surface area contributed by atoms with Gasteiger partial charge in [0, 0.05) is 31.8 Å². The molecule has 0 bridgehead atoms. The lowest BCUT2D eigenvalue weighted by Gasteiger charge is -2.35. The van der Waals surface area contributed by atoms with E-state index >= 15 is 0 Å². The smallest absolute Gasteiger partial charge is 0.255 e. The summed E-state index contributed by atoms with van der Waals surface area (Å²) in [4.78, 5) is 14.6. The predicted octanol–water partition coefficient (Wildman–Crippen LogP) is 3.18. The standard InChI is InChI=1S/C24H24N4O3/c1-15-21(24(29)27-12-16(11-25)13-27)14-28-23(15)22(7-8-26-28)31-20-6-4-17-9-19(30-2)5-3-18(17)10-20/h3,5,7-9,14,16,20H,4,6,10,12-13H2,1-2H3. The van der Waals surface area contributed by atoms with Crippen molar-refractivity contribution in [2.45, 2.75) is 32.3 Å². The highest BCUT2D eigenvalue weighted by molar-refractivity contribution is 5.98. The van der Waals surface area contributed by atoms with Gasteiger partial charge in [-0.25, -0.2) is 4.52 Å². The Bertz CT molecular complexity index is 1200. The van der Waals surface area contributed by atoms with Crippen molar-refractivity contribution < 1.29 is 14.3 Å². The van der Waals surface area contributed by atoms with E-state index in [2.05, 4.69) is 23.3 Å². The molecule has 0 spiro atoms. The van der Waals surface area contributed by atoms with Crippen LogP contribution >= 0.6 is 0 Å². The van der Waals surface area contributed by atoms with Crippen LogP contribution in [0.15, 0.2) is 36.7 Å². The van der Waals surface area contributed by atoms with Gasteiger partial charge in [-0.15, -0.1) is 0 Å². The molecular weight excluding hydrogens is 392 g/mol. The maximum Gasteiger partial charge on any atom is 0.255 e. The molecule has 1 aliphatic heterocycles. The number of methoxy groups -OCH3 is 1. The number of nitrogens with zero attached hydrogens (tertiary/aromatic N) is 4. The highest BCUT2D eigenvalue weighted by atomic mass is 16.5. The van der Waals surface area contributed by atoms with Crippen molar-refractivity contribution in [2.24, 2.45) is 5.92 Å². The van der Waals surface area contributed by atoms with Gasteiger partial charge >= 0.3 is 0 Å². The Hall–Kier alpha value is -3.53. The van der Waals surface area contributed by atoms with Crippen LogP contribution in [0.2, 0.25) is 0 Å². The van der Waals surface area contributed by atoms with Crippen LogP contribution in [0.1, 0.15) is 33.5 Å². The van der Waals surface area contributed by atoms with Crippen molar-refractivity contribution in [3.63, 3.8) is 0 Å². The van der Waals surface area contributed by atoms with E-state index in [1.807, 2.05) is 19.1 Å². The maximum absolute atomic E-state index is 12.9. The Morgan fingerprint density at radius 1 is 1.26 bits per heavy atom. The third-order valence-corrected chi connectivity index (χ3v) is 6.36. The Morgan fingerprint density at radius 2 is 2.10 bits per heavy atom.